The van der Waals surface area contributed by atoms with E-state index < -0.39 is 0 Å². The zero-order chi connectivity index (χ0) is 12.1. The molecule has 0 spiro atoms. The number of aromatic nitrogens is 2. The maximum absolute atomic E-state index is 11.2. The molecule has 0 fully saturated rings. The smallest absolute Gasteiger partial charge is 0.252 e. The van der Waals surface area contributed by atoms with Crippen molar-refractivity contribution in [3.8, 4) is 0 Å². The highest BCUT2D eigenvalue weighted by Crippen LogP contribution is 1.97. The lowest BCUT2D eigenvalue weighted by molar-refractivity contribution is 1.04. The molecule has 2 aromatic rings. The Hall–Kier alpha value is -2.43. The molecule has 0 unspecified atom stereocenters. The van der Waals surface area contributed by atoms with Crippen LogP contribution in [0.25, 0.3) is 0 Å². The van der Waals surface area contributed by atoms with Crippen molar-refractivity contribution < 1.29 is 0 Å². The lowest BCUT2D eigenvalue weighted by Crippen LogP contribution is -2.10. The Bertz CT molecular complexity index is 575. The number of nitrogens with one attached hydrogen (secondary N) is 2. The largest absolute Gasteiger partial charge is 0.291 e. The number of H-pyrrole nitrogens is 1. The van der Waals surface area contributed by atoms with Crippen LogP contribution in [0, 0.1) is 6.92 Å². The van der Waals surface area contributed by atoms with Crippen molar-refractivity contribution in [3.63, 3.8) is 0 Å². The lowest BCUT2D eigenvalue weighted by Gasteiger charge is -1.99. The number of anilines is 1. The molecule has 0 aliphatic rings. The summed E-state index contributed by atoms with van der Waals surface area (Å²) < 4.78 is 0. The molecule has 0 aliphatic carbocycles. The summed E-state index contributed by atoms with van der Waals surface area (Å²) in [5.41, 5.74) is 4.09. The first-order valence-corrected chi connectivity index (χ1v) is 5.16. The quantitative estimate of drug-likeness (QED) is 0.618. The summed E-state index contributed by atoms with van der Waals surface area (Å²) in [5.74, 6) is 0.335. The summed E-state index contributed by atoms with van der Waals surface area (Å²) in [7, 11) is 0. The SMILES string of the molecule is Cc1cc(=O)[nH]c(NN=Cc2ccccc2)n1. The Labute approximate surface area is 98.2 Å². The highest BCUT2D eigenvalue weighted by Gasteiger charge is 1.94. The molecule has 0 aliphatic heterocycles. The minimum Gasteiger partial charge on any atom is -0.291 e. The molecule has 1 aromatic carbocycles. The van der Waals surface area contributed by atoms with Gasteiger partial charge in [0.1, 0.15) is 0 Å². The summed E-state index contributed by atoms with van der Waals surface area (Å²) in [5, 5.41) is 3.99. The molecule has 1 aromatic heterocycles. The number of aromatic amines is 1. The highest BCUT2D eigenvalue weighted by molar-refractivity contribution is 5.79. The number of hydrazone groups is 1. The normalized spacial score (nSPS) is 10.6. The lowest BCUT2D eigenvalue weighted by atomic mass is 10.2. The van der Waals surface area contributed by atoms with Crippen molar-refractivity contribution in [3.05, 3.63) is 58.0 Å². The third-order valence-corrected chi connectivity index (χ3v) is 2.05. The molecule has 2 rings (SSSR count). The fourth-order valence-electron chi connectivity index (χ4n) is 1.34. The van der Waals surface area contributed by atoms with E-state index in [0.717, 1.165) is 5.56 Å². The van der Waals surface area contributed by atoms with Gasteiger partial charge in [0.2, 0.25) is 5.95 Å². The second kappa shape index (κ2) is 5.07. The minimum atomic E-state index is -0.199. The predicted octanol–water partition coefficient (Wildman–Crippen LogP) is 1.52. The monoisotopic (exact) mass is 228 g/mol. The van der Waals surface area contributed by atoms with Crippen molar-refractivity contribution in [1.29, 1.82) is 0 Å². The summed E-state index contributed by atoms with van der Waals surface area (Å²) >= 11 is 0. The Kier molecular flexibility index (Phi) is 3.30. The fourth-order valence-corrected chi connectivity index (χ4v) is 1.34. The average molecular weight is 228 g/mol. The first-order valence-electron chi connectivity index (χ1n) is 5.16. The molecule has 17 heavy (non-hydrogen) atoms. The van der Waals surface area contributed by atoms with Gasteiger partial charge < -0.3 is 0 Å². The molecule has 5 nitrogen and oxygen atoms in total. The van der Waals surface area contributed by atoms with Gasteiger partial charge >= 0.3 is 0 Å². The van der Waals surface area contributed by atoms with Crippen LogP contribution in [-0.4, -0.2) is 16.2 Å². The van der Waals surface area contributed by atoms with Crippen LogP contribution in [-0.2, 0) is 0 Å². The van der Waals surface area contributed by atoms with E-state index in [-0.39, 0.29) is 5.56 Å². The van der Waals surface area contributed by atoms with Crippen molar-refractivity contribution in [2.45, 2.75) is 6.92 Å². The van der Waals surface area contributed by atoms with E-state index in [1.54, 1.807) is 13.1 Å². The second-order valence-electron chi connectivity index (χ2n) is 3.52. The summed E-state index contributed by atoms with van der Waals surface area (Å²) in [6.45, 7) is 1.75. The van der Waals surface area contributed by atoms with Crippen LogP contribution < -0.4 is 11.0 Å². The topological polar surface area (TPSA) is 70.1 Å². The van der Waals surface area contributed by atoms with Crippen molar-refractivity contribution >= 4 is 12.2 Å². The van der Waals surface area contributed by atoms with E-state index in [0.29, 0.717) is 11.6 Å². The van der Waals surface area contributed by atoms with E-state index in [2.05, 4.69) is 20.5 Å². The maximum atomic E-state index is 11.2. The van der Waals surface area contributed by atoms with E-state index in [1.165, 1.54) is 6.07 Å². The van der Waals surface area contributed by atoms with Crippen LogP contribution in [0.1, 0.15) is 11.3 Å². The summed E-state index contributed by atoms with van der Waals surface area (Å²) in [4.78, 5) is 17.8. The number of hydrogen-bond donors (Lipinski definition) is 2. The number of benzene rings is 1. The Morgan fingerprint density at radius 2 is 2.12 bits per heavy atom. The Morgan fingerprint density at radius 3 is 2.82 bits per heavy atom. The van der Waals surface area contributed by atoms with Gasteiger partial charge in [0.05, 0.1) is 6.21 Å². The van der Waals surface area contributed by atoms with Crippen molar-refractivity contribution in [2.24, 2.45) is 5.10 Å². The zero-order valence-electron chi connectivity index (χ0n) is 9.34. The number of rotatable bonds is 3. The second-order valence-corrected chi connectivity index (χ2v) is 3.52. The van der Waals surface area contributed by atoms with Gasteiger partial charge in [-0.15, -0.1) is 0 Å². The van der Waals surface area contributed by atoms with Gasteiger partial charge in [0.15, 0.2) is 0 Å². The summed E-state index contributed by atoms with van der Waals surface area (Å²) in [6, 6.07) is 11.1. The van der Waals surface area contributed by atoms with Gasteiger partial charge in [-0.05, 0) is 12.5 Å². The van der Waals surface area contributed by atoms with Crippen LogP contribution in [0.5, 0.6) is 0 Å². The summed E-state index contributed by atoms with van der Waals surface area (Å²) in [6.07, 6.45) is 1.66. The average Bonchev–Trinajstić information content (AvgIpc) is 2.29. The van der Waals surface area contributed by atoms with Crippen LogP contribution >= 0.6 is 0 Å². The third kappa shape index (κ3) is 3.27. The Balaban J connectivity index is 2.07. The first kappa shape index (κ1) is 11.1. The molecule has 1 heterocycles. The Morgan fingerprint density at radius 1 is 1.35 bits per heavy atom. The van der Waals surface area contributed by atoms with Crippen LogP contribution in [0.2, 0.25) is 0 Å². The van der Waals surface area contributed by atoms with Crippen molar-refractivity contribution in [2.75, 3.05) is 5.43 Å². The molecular formula is C12H12N4O. The van der Waals surface area contributed by atoms with Crippen LogP contribution in [0.15, 0.2) is 46.3 Å². The van der Waals surface area contributed by atoms with Gasteiger partial charge in [-0.3, -0.25) is 9.78 Å². The van der Waals surface area contributed by atoms with Gasteiger partial charge in [-0.2, -0.15) is 5.10 Å². The molecule has 0 saturated heterocycles. The number of hydrogen-bond acceptors (Lipinski definition) is 4. The standard InChI is InChI=1S/C12H12N4O/c1-9-7-11(17)15-12(14-9)16-13-8-10-5-3-2-4-6-10/h2-8H,1H3,(H2,14,15,16,17). The van der Waals surface area contributed by atoms with Crippen LogP contribution in [0.4, 0.5) is 5.95 Å². The molecule has 0 bridgehead atoms. The predicted molar refractivity (Wildman–Crippen MR) is 67.3 cm³/mol. The maximum Gasteiger partial charge on any atom is 0.252 e. The molecule has 0 amide bonds. The minimum absolute atomic E-state index is 0.199. The van der Waals surface area contributed by atoms with E-state index in [9.17, 15) is 4.79 Å². The molecule has 2 N–H and O–H groups in total. The molecule has 5 heteroatoms. The highest BCUT2D eigenvalue weighted by atomic mass is 16.1. The van der Waals surface area contributed by atoms with Crippen molar-refractivity contribution in [1.82, 2.24) is 9.97 Å². The van der Waals surface area contributed by atoms with Gasteiger partial charge in [0, 0.05) is 11.8 Å². The third-order valence-electron chi connectivity index (χ3n) is 2.05. The van der Waals surface area contributed by atoms with E-state index >= 15 is 0 Å². The molecule has 0 saturated carbocycles. The van der Waals surface area contributed by atoms with Gasteiger partial charge in [-0.25, -0.2) is 10.4 Å². The van der Waals surface area contributed by atoms with Gasteiger partial charge in [-0.1, -0.05) is 30.3 Å². The molecule has 0 radical (unpaired) electrons. The van der Waals surface area contributed by atoms with Gasteiger partial charge in [0.25, 0.3) is 5.56 Å². The first-order chi connectivity index (χ1) is 8.24. The molecule has 86 valence electrons. The zero-order valence-corrected chi connectivity index (χ0v) is 9.34. The molecule has 0 atom stereocenters. The number of aryl methyl sites for hydroxylation is 1. The molecular weight excluding hydrogens is 216 g/mol. The van der Waals surface area contributed by atoms with E-state index in [4.69, 9.17) is 0 Å². The fraction of sp³-hybridized carbons (Fsp3) is 0.0833. The van der Waals surface area contributed by atoms with Crippen LogP contribution in [0.3, 0.4) is 0 Å². The number of nitrogens with zero attached hydrogens (tertiary/aromatic N) is 2. The van der Waals surface area contributed by atoms with E-state index in [1.807, 2.05) is 30.3 Å².